The van der Waals surface area contributed by atoms with E-state index < -0.39 is 23.6 Å². The van der Waals surface area contributed by atoms with Gasteiger partial charge in [-0.05, 0) is 19.1 Å². The number of H-pyrrole nitrogens is 1. The fourth-order valence-corrected chi connectivity index (χ4v) is 3.75. The highest BCUT2D eigenvalue weighted by Crippen LogP contribution is 2.36. The number of hydrogen-bond donors (Lipinski definition) is 2. The molecule has 4 rings (SSSR count). The number of aromatic nitrogens is 5. The van der Waals surface area contributed by atoms with Gasteiger partial charge in [-0.3, -0.25) is 14.3 Å². The van der Waals surface area contributed by atoms with Crippen LogP contribution >= 0.6 is 15.9 Å². The standard InChI is InChI=1S/C18H18BrN5O4/c1-10-7-23(18(27)20-17(10)26)16-6-14(15(9-25)28-16)24-8-13(21-22-24)11-3-2-4-12(19)5-11/h2-5,7-8,14-16,25H,6,9H2,1H3,(H,20,26,27)/t14-,15+,16?/m0/s1. The number of hydrogen-bond acceptors (Lipinski definition) is 6. The maximum Gasteiger partial charge on any atom is 0.330 e. The average molecular weight is 448 g/mol. The van der Waals surface area contributed by atoms with Gasteiger partial charge in [-0.2, -0.15) is 0 Å². The lowest BCUT2D eigenvalue weighted by molar-refractivity contribution is -0.0323. The molecule has 3 heterocycles. The van der Waals surface area contributed by atoms with Crippen LogP contribution in [0.15, 0.2) is 50.7 Å². The van der Waals surface area contributed by atoms with Gasteiger partial charge in [0.05, 0.1) is 18.8 Å². The van der Waals surface area contributed by atoms with Crippen LogP contribution in [0.5, 0.6) is 0 Å². The molecule has 0 saturated carbocycles. The molecular weight excluding hydrogens is 430 g/mol. The van der Waals surface area contributed by atoms with Crippen molar-refractivity contribution in [1.29, 1.82) is 0 Å². The molecule has 1 fully saturated rings. The lowest BCUT2D eigenvalue weighted by Gasteiger charge is -2.15. The van der Waals surface area contributed by atoms with Crippen LogP contribution < -0.4 is 11.2 Å². The van der Waals surface area contributed by atoms with E-state index in [1.807, 2.05) is 24.3 Å². The molecule has 1 aliphatic rings. The number of ether oxygens (including phenoxy) is 1. The highest BCUT2D eigenvalue weighted by atomic mass is 79.9. The molecule has 0 radical (unpaired) electrons. The fourth-order valence-electron chi connectivity index (χ4n) is 3.35. The van der Waals surface area contributed by atoms with Crippen molar-refractivity contribution >= 4 is 15.9 Å². The van der Waals surface area contributed by atoms with E-state index >= 15 is 0 Å². The molecule has 3 atom stereocenters. The molecule has 2 aromatic heterocycles. The van der Waals surface area contributed by atoms with Gasteiger partial charge in [-0.25, -0.2) is 9.48 Å². The van der Waals surface area contributed by atoms with Crippen molar-refractivity contribution in [3.63, 3.8) is 0 Å². The largest absolute Gasteiger partial charge is 0.394 e. The van der Waals surface area contributed by atoms with Crippen LogP contribution in [0.2, 0.25) is 0 Å². The number of nitrogens with one attached hydrogen (secondary N) is 1. The Morgan fingerprint density at radius 3 is 2.93 bits per heavy atom. The molecule has 1 saturated heterocycles. The smallest absolute Gasteiger partial charge is 0.330 e. The Morgan fingerprint density at radius 1 is 1.36 bits per heavy atom. The summed E-state index contributed by atoms with van der Waals surface area (Å²) in [6, 6.07) is 7.40. The van der Waals surface area contributed by atoms with E-state index in [0.29, 0.717) is 17.7 Å². The Bertz CT molecular complexity index is 1120. The first-order valence-corrected chi connectivity index (χ1v) is 9.51. The summed E-state index contributed by atoms with van der Waals surface area (Å²) < 4.78 is 9.80. The van der Waals surface area contributed by atoms with E-state index in [1.54, 1.807) is 17.8 Å². The molecule has 0 amide bonds. The molecule has 28 heavy (non-hydrogen) atoms. The maximum absolute atomic E-state index is 12.2. The first-order valence-electron chi connectivity index (χ1n) is 8.72. The quantitative estimate of drug-likeness (QED) is 0.624. The lowest BCUT2D eigenvalue weighted by Crippen LogP contribution is -2.33. The van der Waals surface area contributed by atoms with Crippen molar-refractivity contribution < 1.29 is 9.84 Å². The molecule has 1 aliphatic heterocycles. The Labute approximate surface area is 167 Å². The SMILES string of the molecule is Cc1cn(C2C[C@H](n3cc(-c4cccc(Br)c4)nn3)[C@@H](CO)O2)c(=O)[nH]c1=O. The number of halogens is 1. The summed E-state index contributed by atoms with van der Waals surface area (Å²) in [7, 11) is 0. The summed E-state index contributed by atoms with van der Waals surface area (Å²) in [6.07, 6.45) is 2.49. The van der Waals surface area contributed by atoms with Gasteiger partial charge < -0.3 is 9.84 Å². The molecule has 3 aromatic rings. The predicted molar refractivity (Wildman–Crippen MR) is 104 cm³/mol. The van der Waals surface area contributed by atoms with E-state index in [2.05, 4.69) is 31.2 Å². The van der Waals surface area contributed by atoms with Crippen molar-refractivity contribution in [2.24, 2.45) is 0 Å². The number of aliphatic hydroxyl groups excluding tert-OH is 1. The predicted octanol–water partition coefficient (Wildman–Crippen LogP) is 1.39. The van der Waals surface area contributed by atoms with Gasteiger partial charge in [0.15, 0.2) is 0 Å². The first kappa shape index (κ1) is 18.8. The normalized spacial score (nSPS) is 21.9. The van der Waals surface area contributed by atoms with Gasteiger partial charge >= 0.3 is 5.69 Å². The van der Waals surface area contributed by atoms with Crippen LogP contribution in [-0.2, 0) is 4.74 Å². The number of rotatable bonds is 4. The van der Waals surface area contributed by atoms with E-state index in [4.69, 9.17) is 4.74 Å². The zero-order valence-corrected chi connectivity index (χ0v) is 16.5. The van der Waals surface area contributed by atoms with Crippen LogP contribution in [-0.4, -0.2) is 42.4 Å². The minimum Gasteiger partial charge on any atom is -0.394 e. The molecule has 0 spiro atoms. The van der Waals surface area contributed by atoms with Crippen LogP contribution in [0.1, 0.15) is 24.3 Å². The summed E-state index contributed by atoms with van der Waals surface area (Å²) in [5, 5.41) is 18.2. The Kier molecular flexibility index (Phi) is 5.00. The lowest BCUT2D eigenvalue weighted by atomic mass is 10.1. The summed E-state index contributed by atoms with van der Waals surface area (Å²) in [5.41, 5.74) is 1.03. The second-order valence-corrected chi connectivity index (χ2v) is 7.60. The average Bonchev–Trinajstić information content (AvgIpc) is 3.31. The molecule has 0 aliphatic carbocycles. The second-order valence-electron chi connectivity index (χ2n) is 6.69. The zero-order valence-electron chi connectivity index (χ0n) is 14.9. The minimum absolute atomic E-state index is 0.232. The number of aliphatic hydroxyl groups is 1. The summed E-state index contributed by atoms with van der Waals surface area (Å²) >= 11 is 3.44. The van der Waals surface area contributed by atoms with E-state index in [1.165, 1.54) is 10.8 Å². The highest BCUT2D eigenvalue weighted by molar-refractivity contribution is 9.10. The summed E-state index contributed by atoms with van der Waals surface area (Å²) in [4.78, 5) is 26.0. The molecule has 1 aromatic carbocycles. The van der Waals surface area contributed by atoms with Crippen LogP contribution in [0.3, 0.4) is 0 Å². The number of aryl methyl sites for hydroxylation is 1. The van der Waals surface area contributed by atoms with Crippen molar-refractivity contribution in [2.75, 3.05) is 6.61 Å². The van der Waals surface area contributed by atoms with Crippen molar-refractivity contribution in [1.82, 2.24) is 24.5 Å². The van der Waals surface area contributed by atoms with Gasteiger partial charge in [0.25, 0.3) is 5.56 Å². The maximum atomic E-state index is 12.2. The van der Waals surface area contributed by atoms with Crippen LogP contribution in [0, 0.1) is 6.92 Å². The monoisotopic (exact) mass is 447 g/mol. The molecule has 2 N–H and O–H groups in total. The van der Waals surface area contributed by atoms with E-state index in [0.717, 1.165) is 10.0 Å². The van der Waals surface area contributed by atoms with Gasteiger partial charge in [-0.15, -0.1) is 5.10 Å². The molecular formula is C18H18BrN5O4. The molecule has 10 heteroatoms. The Balaban J connectivity index is 1.63. The third-order valence-corrected chi connectivity index (χ3v) is 5.30. The molecule has 9 nitrogen and oxygen atoms in total. The van der Waals surface area contributed by atoms with Crippen LogP contribution in [0.4, 0.5) is 0 Å². The number of benzene rings is 1. The van der Waals surface area contributed by atoms with E-state index in [9.17, 15) is 14.7 Å². The van der Waals surface area contributed by atoms with Crippen LogP contribution in [0.25, 0.3) is 11.3 Å². The third kappa shape index (κ3) is 3.46. The number of nitrogens with zero attached hydrogens (tertiary/aromatic N) is 4. The molecule has 0 bridgehead atoms. The molecule has 1 unspecified atom stereocenters. The van der Waals surface area contributed by atoms with Crippen molar-refractivity contribution in [3.05, 3.63) is 67.5 Å². The second kappa shape index (κ2) is 7.46. The Morgan fingerprint density at radius 2 is 2.18 bits per heavy atom. The van der Waals surface area contributed by atoms with Crippen molar-refractivity contribution in [3.8, 4) is 11.3 Å². The van der Waals surface area contributed by atoms with Gasteiger partial charge in [0.2, 0.25) is 0 Å². The van der Waals surface area contributed by atoms with Gasteiger partial charge in [0.1, 0.15) is 18.0 Å². The number of aromatic amines is 1. The topological polar surface area (TPSA) is 115 Å². The minimum atomic E-state index is -0.622. The fraction of sp³-hybridized carbons (Fsp3) is 0.333. The van der Waals surface area contributed by atoms with Gasteiger partial charge in [-0.1, -0.05) is 33.3 Å². The Hall–Kier alpha value is -2.56. The van der Waals surface area contributed by atoms with E-state index in [-0.39, 0.29) is 12.6 Å². The van der Waals surface area contributed by atoms with Gasteiger partial charge in [0, 0.05) is 28.2 Å². The zero-order chi connectivity index (χ0) is 19.8. The molecule has 146 valence electrons. The highest BCUT2D eigenvalue weighted by Gasteiger charge is 2.38. The third-order valence-electron chi connectivity index (χ3n) is 4.81. The summed E-state index contributed by atoms with van der Waals surface area (Å²) in [6.45, 7) is 1.39. The summed E-state index contributed by atoms with van der Waals surface area (Å²) in [5.74, 6) is 0. The van der Waals surface area contributed by atoms with Crippen molar-refractivity contribution in [2.45, 2.75) is 31.7 Å². The first-order chi connectivity index (χ1) is 13.5.